The van der Waals surface area contributed by atoms with Crippen LogP contribution in [0.5, 0.6) is 0 Å². The quantitative estimate of drug-likeness (QED) is 0.0420. The van der Waals surface area contributed by atoms with Gasteiger partial charge >= 0.3 is 0 Å². The Morgan fingerprint density at radius 2 is 0.474 bits per heavy atom. The minimum Gasteiger partial charge on any atom is -0.394 e. The van der Waals surface area contributed by atoms with Gasteiger partial charge in [-0.1, -0.05) is 424 Å². The highest BCUT2D eigenvalue weighted by atomic mass is 16.3. The Kier molecular flexibility index (Phi) is 69.6. The number of hydrogen-bond donors (Lipinski definition) is 3. The van der Waals surface area contributed by atoms with Gasteiger partial charge in [-0.15, -0.1) is 0 Å². The molecule has 0 bridgehead atoms. The van der Waals surface area contributed by atoms with Crippen LogP contribution in [0.3, 0.4) is 0 Å². The van der Waals surface area contributed by atoms with E-state index in [1.165, 1.54) is 392 Å². The summed E-state index contributed by atoms with van der Waals surface area (Å²) < 4.78 is 0. The second-order valence-corrected chi connectivity index (χ2v) is 25.7. The zero-order valence-corrected chi connectivity index (χ0v) is 54.0. The molecule has 1 amide bonds. The Hall–Kier alpha value is -0.870. The Balaban J connectivity index is 3.38. The first kappa shape index (κ1) is 77.1. The number of rotatable bonds is 70. The zero-order chi connectivity index (χ0) is 56.2. The molecule has 0 aliphatic carbocycles. The van der Waals surface area contributed by atoms with Crippen LogP contribution in [0, 0.1) is 0 Å². The number of carbonyl (C=O) groups excluding carboxylic acids is 1. The maximum absolute atomic E-state index is 12.6. The van der Waals surface area contributed by atoms with Gasteiger partial charge in [0.05, 0.1) is 18.8 Å². The molecule has 0 saturated carbocycles. The third-order valence-electron chi connectivity index (χ3n) is 17.8. The summed E-state index contributed by atoms with van der Waals surface area (Å²) in [5.41, 5.74) is 0. The van der Waals surface area contributed by atoms with Gasteiger partial charge in [-0.25, -0.2) is 0 Å². The molecule has 0 aromatic rings. The summed E-state index contributed by atoms with van der Waals surface area (Å²) in [5.74, 6) is -0.0524. The molecule has 4 nitrogen and oxygen atoms in total. The van der Waals surface area contributed by atoms with Crippen LogP contribution in [-0.2, 0) is 4.79 Å². The van der Waals surface area contributed by atoms with Crippen LogP contribution in [0.25, 0.3) is 0 Å². The van der Waals surface area contributed by atoms with Gasteiger partial charge in [0.2, 0.25) is 5.91 Å². The number of hydrogen-bond acceptors (Lipinski definition) is 3. The van der Waals surface area contributed by atoms with Gasteiger partial charge in [-0.2, -0.15) is 0 Å². The van der Waals surface area contributed by atoms with Crippen molar-refractivity contribution in [1.29, 1.82) is 0 Å². The molecule has 2 unspecified atom stereocenters. The molecular formula is C74H147NO3. The number of aliphatic hydroxyl groups is 2. The van der Waals surface area contributed by atoms with E-state index in [-0.39, 0.29) is 12.5 Å². The van der Waals surface area contributed by atoms with E-state index in [0.29, 0.717) is 6.42 Å². The average Bonchev–Trinajstić information content (AvgIpc) is 3.44. The maximum atomic E-state index is 12.6. The van der Waals surface area contributed by atoms with Crippen molar-refractivity contribution < 1.29 is 15.0 Å². The lowest BCUT2D eigenvalue weighted by Crippen LogP contribution is -2.45. The molecule has 0 aliphatic heterocycles. The van der Waals surface area contributed by atoms with Gasteiger partial charge < -0.3 is 15.5 Å². The summed E-state index contributed by atoms with van der Waals surface area (Å²) in [6.07, 6.45) is 94.7. The Morgan fingerprint density at radius 1 is 0.295 bits per heavy atom. The molecule has 0 aliphatic rings. The van der Waals surface area contributed by atoms with Gasteiger partial charge in [0.1, 0.15) is 0 Å². The first-order valence-corrected chi connectivity index (χ1v) is 36.9. The number of allylic oxidation sites excluding steroid dienone is 1. The monoisotopic (exact) mass is 1100 g/mol. The normalized spacial score (nSPS) is 12.6. The Labute approximate surface area is 492 Å². The van der Waals surface area contributed by atoms with Crippen molar-refractivity contribution in [2.24, 2.45) is 0 Å². The van der Waals surface area contributed by atoms with Crippen molar-refractivity contribution in [2.75, 3.05) is 6.61 Å². The minimum absolute atomic E-state index is 0.0524. The smallest absolute Gasteiger partial charge is 0.220 e. The standard InChI is InChI=1S/C74H147NO3/c1-3-5-7-9-11-13-15-17-19-21-23-25-27-29-31-33-35-37-38-40-42-44-46-48-50-52-54-56-58-60-62-64-66-68-70-74(78)75-72(71-76)73(77)69-67-65-63-61-59-57-55-53-51-49-47-45-43-41-39-36-34-32-30-28-26-24-22-20-18-16-14-12-10-8-6-4-2/h67,69,72-73,76-77H,3-66,68,70-71H2,1-2H3,(H,75,78)/b69-67+. The number of aliphatic hydroxyl groups excluding tert-OH is 2. The van der Waals surface area contributed by atoms with Gasteiger partial charge in [0.15, 0.2) is 0 Å². The largest absolute Gasteiger partial charge is 0.394 e. The topological polar surface area (TPSA) is 69.6 Å². The third-order valence-corrected chi connectivity index (χ3v) is 17.8. The van der Waals surface area contributed by atoms with Crippen LogP contribution < -0.4 is 5.32 Å². The lowest BCUT2D eigenvalue weighted by atomic mass is 10.0. The van der Waals surface area contributed by atoms with Crippen molar-refractivity contribution >= 4 is 5.91 Å². The van der Waals surface area contributed by atoms with Crippen LogP contribution in [0.2, 0.25) is 0 Å². The molecule has 4 heteroatoms. The van der Waals surface area contributed by atoms with Crippen molar-refractivity contribution in [2.45, 2.75) is 450 Å². The highest BCUT2D eigenvalue weighted by Gasteiger charge is 2.18. The van der Waals surface area contributed by atoms with Crippen LogP contribution >= 0.6 is 0 Å². The second kappa shape index (κ2) is 70.4. The zero-order valence-electron chi connectivity index (χ0n) is 54.0. The predicted molar refractivity (Wildman–Crippen MR) is 350 cm³/mol. The summed E-state index contributed by atoms with van der Waals surface area (Å²) in [7, 11) is 0. The molecule has 0 fully saturated rings. The second-order valence-electron chi connectivity index (χ2n) is 25.7. The van der Waals surface area contributed by atoms with E-state index < -0.39 is 12.1 Å². The molecule has 0 radical (unpaired) electrons. The van der Waals surface area contributed by atoms with E-state index in [2.05, 4.69) is 19.2 Å². The molecule has 0 aromatic heterocycles. The fourth-order valence-electron chi connectivity index (χ4n) is 12.2. The summed E-state index contributed by atoms with van der Waals surface area (Å²) in [4.78, 5) is 12.6. The number of unbranched alkanes of at least 4 members (excludes halogenated alkanes) is 63. The summed E-state index contributed by atoms with van der Waals surface area (Å²) in [6.45, 7) is 4.37. The van der Waals surface area contributed by atoms with Gasteiger partial charge in [0.25, 0.3) is 0 Å². The molecule has 466 valence electrons. The first-order chi connectivity index (χ1) is 38.7. The molecule has 2 atom stereocenters. The summed E-state index contributed by atoms with van der Waals surface area (Å²) >= 11 is 0. The third kappa shape index (κ3) is 65.9. The molecule has 0 rings (SSSR count). The van der Waals surface area contributed by atoms with E-state index in [0.717, 1.165) is 25.7 Å². The summed E-state index contributed by atoms with van der Waals surface area (Å²) in [5, 5.41) is 23.3. The van der Waals surface area contributed by atoms with E-state index >= 15 is 0 Å². The van der Waals surface area contributed by atoms with Crippen LogP contribution in [0.1, 0.15) is 438 Å². The highest BCUT2D eigenvalue weighted by Crippen LogP contribution is 2.20. The van der Waals surface area contributed by atoms with Crippen LogP contribution in [0.15, 0.2) is 12.2 Å². The lowest BCUT2D eigenvalue weighted by Gasteiger charge is -2.20. The lowest BCUT2D eigenvalue weighted by molar-refractivity contribution is -0.123. The molecule has 0 saturated heterocycles. The van der Waals surface area contributed by atoms with Gasteiger partial charge in [0, 0.05) is 6.42 Å². The van der Waals surface area contributed by atoms with Crippen molar-refractivity contribution in [1.82, 2.24) is 5.32 Å². The van der Waals surface area contributed by atoms with Crippen molar-refractivity contribution in [3.63, 3.8) is 0 Å². The van der Waals surface area contributed by atoms with Gasteiger partial charge in [-0.05, 0) is 19.3 Å². The molecule has 0 aromatic carbocycles. The molecule has 0 heterocycles. The van der Waals surface area contributed by atoms with E-state index in [1.54, 1.807) is 6.08 Å². The SMILES string of the molecule is CCCCCCCCCCCCCCCCCCCCCCCCCCCCCCCC/C=C/C(O)C(CO)NC(=O)CCCCCCCCCCCCCCCCCCCCCCCCCCCCCCCCCCCC. The minimum atomic E-state index is -0.837. The fourth-order valence-corrected chi connectivity index (χ4v) is 12.2. The van der Waals surface area contributed by atoms with E-state index in [4.69, 9.17) is 0 Å². The predicted octanol–water partition coefficient (Wildman–Crippen LogP) is 25.2. The van der Waals surface area contributed by atoms with Crippen LogP contribution in [0.4, 0.5) is 0 Å². The van der Waals surface area contributed by atoms with Gasteiger partial charge in [-0.3, -0.25) is 4.79 Å². The molecule has 3 N–H and O–H groups in total. The molecule has 78 heavy (non-hydrogen) atoms. The van der Waals surface area contributed by atoms with E-state index in [9.17, 15) is 15.0 Å². The fraction of sp³-hybridized carbons (Fsp3) is 0.959. The van der Waals surface area contributed by atoms with E-state index in [1.807, 2.05) is 6.08 Å². The maximum Gasteiger partial charge on any atom is 0.220 e. The number of carbonyl (C=O) groups is 1. The summed E-state index contributed by atoms with van der Waals surface area (Å²) in [6, 6.07) is -0.620. The average molecular weight is 1100 g/mol. The van der Waals surface area contributed by atoms with Crippen molar-refractivity contribution in [3.8, 4) is 0 Å². The molecule has 0 spiro atoms. The Bertz CT molecular complexity index is 1110. The first-order valence-electron chi connectivity index (χ1n) is 36.9. The van der Waals surface area contributed by atoms with Crippen molar-refractivity contribution in [3.05, 3.63) is 12.2 Å². The number of nitrogens with one attached hydrogen (secondary N) is 1. The van der Waals surface area contributed by atoms with Crippen LogP contribution in [-0.4, -0.2) is 34.9 Å². The molecular weight excluding hydrogens is 951 g/mol. The highest BCUT2D eigenvalue weighted by molar-refractivity contribution is 5.76. The Morgan fingerprint density at radius 3 is 0.667 bits per heavy atom. The number of amides is 1.